The van der Waals surface area contributed by atoms with Crippen LogP contribution in [0, 0.1) is 0 Å². The van der Waals surface area contributed by atoms with Gasteiger partial charge in [-0.15, -0.1) is 0 Å². The van der Waals surface area contributed by atoms with Crippen molar-refractivity contribution in [2.24, 2.45) is 0 Å². The highest BCUT2D eigenvalue weighted by Crippen LogP contribution is 2.20. The molecule has 2 aromatic carbocycles. The van der Waals surface area contributed by atoms with Gasteiger partial charge in [0.2, 0.25) is 5.88 Å². The standard InChI is InChI=1S/C20H17NO3/c22-20(23-15-16-7-2-1-3-8-16)14-17-9-6-10-18(13-17)24-19-11-4-5-12-21-19/h1-13H,14-15H2. The Balaban J connectivity index is 1.57. The molecule has 0 atom stereocenters. The normalized spacial score (nSPS) is 10.2. The fraction of sp³-hybridized carbons (Fsp3) is 0.100. The highest BCUT2D eigenvalue weighted by Gasteiger charge is 2.07. The summed E-state index contributed by atoms with van der Waals surface area (Å²) >= 11 is 0. The molecular weight excluding hydrogens is 302 g/mol. The molecule has 1 heterocycles. The van der Waals surface area contributed by atoms with Gasteiger partial charge in [-0.2, -0.15) is 0 Å². The molecular formula is C20H17NO3. The highest BCUT2D eigenvalue weighted by molar-refractivity contribution is 5.72. The number of rotatable bonds is 6. The summed E-state index contributed by atoms with van der Waals surface area (Å²) in [5, 5.41) is 0. The first-order valence-electron chi connectivity index (χ1n) is 7.67. The first-order valence-corrected chi connectivity index (χ1v) is 7.67. The van der Waals surface area contributed by atoms with Crippen LogP contribution in [0.3, 0.4) is 0 Å². The zero-order valence-corrected chi connectivity index (χ0v) is 13.1. The SMILES string of the molecule is O=C(Cc1cccc(Oc2ccccn2)c1)OCc1ccccc1. The van der Waals surface area contributed by atoms with Gasteiger partial charge in [-0.05, 0) is 29.3 Å². The van der Waals surface area contributed by atoms with E-state index in [0.29, 0.717) is 11.6 Å². The van der Waals surface area contributed by atoms with Crippen LogP contribution in [0.5, 0.6) is 11.6 Å². The third-order valence-electron chi connectivity index (χ3n) is 3.35. The Bertz CT molecular complexity index is 788. The van der Waals surface area contributed by atoms with Crippen LogP contribution in [0.15, 0.2) is 79.0 Å². The van der Waals surface area contributed by atoms with E-state index in [1.54, 1.807) is 12.3 Å². The number of carbonyl (C=O) groups is 1. The number of hydrogen-bond donors (Lipinski definition) is 0. The number of carbonyl (C=O) groups excluding carboxylic acids is 1. The van der Waals surface area contributed by atoms with Gasteiger partial charge in [0.1, 0.15) is 12.4 Å². The zero-order chi connectivity index (χ0) is 16.6. The van der Waals surface area contributed by atoms with Crippen molar-refractivity contribution in [2.45, 2.75) is 13.0 Å². The van der Waals surface area contributed by atoms with Gasteiger partial charge in [-0.3, -0.25) is 4.79 Å². The topological polar surface area (TPSA) is 48.4 Å². The van der Waals surface area contributed by atoms with E-state index < -0.39 is 0 Å². The lowest BCUT2D eigenvalue weighted by Gasteiger charge is -2.07. The van der Waals surface area contributed by atoms with Gasteiger partial charge < -0.3 is 9.47 Å². The number of benzene rings is 2. The number of ether oxygens (including phenoxy) is 2. The minimum atomic E-state index is -0.270. The minimum Gasteiger partial charge on any atom is -0.461 e. The fourth-order valence-electron chi connectivity index (χ4n) is 2.20. The molecule has 3 rings (SSSR count). The maximum atomic E-state index is 12.0. The Morgan fingerprint density at radius 1 is 0.875 bits per heavy atom. The van der Waals surface area contributed by atoms with Crippen molar-refractivity contribution in [3.8, 4) is 11.6 Å². The monoisotopic (exact) mass is 319 g/mol. The molecule has 0 saturated carbocycles. The number of aromatic nitrogens is 1. The summed E-state index contributed by atoms with van der Waals surface area (Å²) in [5.74, 6) is 0.886. The second kappa shape index (κ2) is 7.92. The van der Waals surface area contributed by atoms with Crippen LogP contribution in [-0.4, -0.2) is 11.0 Å². The maximum Gasteiger partial charge on any atom is 0.310 e. The van der Waals surface area contributed by atoms with Crippen LogP contribution in [0.4, 0.5) is 0 Å². The van der Waals surface area contributed by atoms with Crippen LogP contribution >= 0.6 is 0 Å². The molecule has 0 spiro atoms. The molecule has 0 bridgehead atoms. The van der Waals surface area contributed by atoms with Crippen LogP contribution in [0.25, 0.3) is 0 Å². The van der Waals surface area contributed by atoms with Gasteiger partial charge in [0.05, 0.1) is 6.42 Å². The second-order valence-corrected chi connectivity index (χ2v) is 5.24. The molecule has 0 radical (unpaired) electrons. The van der Waals surface area contributed by atoms with Crippen LogP contribution in [-0.2, 0) is 22.6 Å². The van der Waals surface area contributed by atoms with Gasteiger partial charge in [0, 0.05) is 12.3 Å². The maximum absolute atomic E-state index is 12.0. The fourth-order valence-corrected chi connectivity index (χ4v) is 2.20. The largest absolute Gasteiger partial charge is 0.461 e. The molecule has 0 fully saturated rings. The molecule has 4 nitrogen and oxygen atoms in total. The van der Waals surface area contributed by atoms with Crippen molar-refractivity contribution in [3.05, 3.63) is 90.1 Å². The molecule has 1 aromatic heterocycles. The van der Waals surface area contributed by atoms with Crippen molar-refractivity contribution < 1.29 is 14.3 Å². The van der Waals surface area contributed by atoms with E-state index in [1.165, 1.54) is 0 Å². The quantitative estimate of drug-likeness (QED) is 0.640. The molecule has 0 aliphatic rings. The lowest BCUT2D eigenvalue weighted by atomic mass is 10.1. The van der Waals surface area contributed by atoms with Crippen LogP contribution in [0.2, 0.25) is 0 Å². The van der Waals surface area contributed by atoms with Gasteiger partial charge in [-0.25, -0.2) is 4.98 Å². The predicted molar refractivity (Wildman–Crippen MR) is 90.7 cm³/mol. The van der Waals surface area contributed by atoms with E-state index in [0.717, 1.165) is 11.1 Å². The molecule has 3 aromatic rings. The minimum absolute atomic E-state index is 0.201. The van der Waals surface area contributed by atoms with E-state index in [4.69, 9.17) is 9.47 Å². The number of pyridine rings is 1. The molecule has 120 valence electrons. The lowest BCUT2D eigenvalue weighted by molar-refractivity contribution is -0.144. The second-order valence-electron chi connectivity index (χ2n) is 5.24. The summed E-state index contributed by atoms with van der Waals surface area (Å²) < 4.78 is 11.0. The third kappa shape index (κ3) is 4.68. The van der Waals surface area contributed by atoms with Crippen molar-refractivity contribution in [3.63, 3.8) is 0 Å². The summed E-state index contributed by atoms with van der Waals surface area (Å²) in [6.45, 7) is 0.282. The summed E-state index contributed by atoms with van der Waals surface area (Å²) in [7, 11) is 0. The molecule has 0 unspecified atom stereocenters. The Morgan fingerprint density at radius 3 is 2.46 bits per heavy atom. The van der Waals surface area contributed by atoms with Crippen LogP contribution < -0.4 is 4.74 Å². The number of esters is 1. The van der Waals surface area contributed by atoms with Crippen molar-refractivity contribution >= 4 is 5.97 Å². The molecule has 0 aliphatic carbocycles. The number of hydrogen-bond acceptors (Lipinski definition) is 4. The predicted octanol–water partition coefficient (Wildman–Crippen LogP) is 4.16. The smallest absolute Gasteiger partial charge is 0.310 e. The van der Waals surface area contributed by atoms with E-state index in [9.17, 15) is 4.79 Å². The van der Waals surface area contributed by atoms with Gasteiger partial charge in [0.15, 0.2) is 0 Å². The first-order chi connectivity index (χ1) is 11.8. The Labute approximate surface area is 140 Å². The zero-order valence-electron chi connectivity index (χ0n) is 13.1. The van der Waals surface area contributed by atoms with Crippen molar-refractivity contribution in [1.29, 1.82) is 0 Å². The van der Waals surface area contributed by atoms with Crippen molar-refractivity contribution in [2.75, 3.05) is 0 Å². The molecule has 0 amide bonds. The molecule has 4 heteroatoms. The van der Waals surface area contributed by atoms with Crippen molar-refractivity contribution in [1.82, 2.24) is 4.98 Å². The Kier molecular flexibility index (Phi) is 5.20. The summed E-state index contributed by atoms with van der Waals surface area (Å²) in [5.41, 5.74) is 1.81. The highest BCUT2D eigenvalue weighted by atomic mass is 16.5. The average molecular weight is 319 g/mol. The molecule has 24 heavy (non-hydrogen) atoms. The summed E-state index contributed by atoms with van der Waals surface area (Å²) in [6.07, 6.45) is 1.87. The summed E-state index contributed by atoms with van der Waals surface area (Å²) in [4.78, 5) is 16.1. The van der Waals surface area contributed by atoms with Gasteiger partial charge >= 0.3 is 5.97 Å². The molecule has 0 saturated heterocycles. The van der Waals surface area contributed by atoms with E-state index in [1.807, 2.05) is 66.7 Å². The van der Waals surface area contributed by atoms with E-state index in [2.05, 4.69) is 4.98 Å². The number of nitrogens with zero attached hydrogens (tertiary/aromatic N) is 1. The Hall–Kier alpha value is -3.14. The Morgan fingerprint density at radius 2 is 1.67 bits per heavy atom. The van der Waals surface area contributed by atoms with Gasteiger partial charge in [-0.1, -0.05) is 48.5 Å². The van der Waals surface area contributed by atoms with E-state index >= 15 is 0 Å². The lowest BCUT2D eigenvalue weighted by Crippen LogP contribution is -2.08. The third-order valence-corrected chi connectivity index (χ3v) is 3.35. The average Bonchev–Trinajstić information content (AvgIpc) is 2.62. The van der Waals surface area contributed by atoms with Crippen LogP contribution in [0.1, 0.15) is 11.1 Å². The van der Waals surface area contributed by atoms with E-state index in [-0.39, 0.29) is 19.0 Å². The first kappa shape index (κ1) is 15.7. The van der Waals surface area contributed by atoms with Gasteiger partial charge in [0.25, 0.3) is 0 Å². The molecule has 0 N–H and O–H groups in total. The molecule has 0 aliphatic heterocycles. The summed E-state index contributed by atoms with van der Waals surface area (Å²) in [6, 6.07) is 22.4.